The summed E-state index contributed by atoms with van der Waals surface area (Å²) in [7, 11) is 1.40. The fourth-order valence-corrected chi connectivity index (χ4v) is 3.18. The molecular formula is C13H16Cl2N2O2. The van der Waals surface area contributed by atoms with Crippen molar-refractivity contribution in [1.82, 2.24) is 5.32 Å². The molecule has 0 fully saturated rings. The van der Waals surface area contributed by atoms with Gasteiger partial charge in [-0.3, -0.25) is 4.90 Å². The van der Waals surface area contributed by atoms with Gasteiger partial charge in [-0.15, -0.1) is 12.4 Å². The van der Waals surface area contributed by atoms with Crippen LogP contribution in [-0.4, -0.2) is 32.8 Å². The van der Waals surface area contributed by atoms with E-state index >= 15 is 0 Å². The van der Waals surface area contributed by atoms with Crippen LogP contribution in [0.2, 0.25) is 5.02 Å². The molecule has 1 N–H and O–H groups in total. The molecule has 3 rings (SSSR count). The van der Waals surface area contributed by atoms with Crippen molar-refractivity contribution in [3.8, 4) is 0 Å². The predicted molar refractivity (Wildman–Crippen MR) is 77.8 cm³/mol. The highest BCUT2D eigenvalue weighted by Gasteiger charge is 2.37. The summed E-state index contributed by atoms with van der Waals surface area (Å²) >= 11 is 6.27. The molecule has 6 heteroatoms. The molecule has 104 valence electrons. The summed E-state index contributed by atoms with van der Waals surface area (Å²) in [6, 6.07) is 3.95. The van der Waals surface area contributed by atoms with Crippen molar-refractivity contribution in [2.75, 3.05) is 31.6 Å². The molecule has 0 saturated heterocycles. The molecule has 19 heavy (non-hydrogen) atoms. The highest BCUT2D eigenvalue weighted by atomic mass is 35.5. The minimum absolute atomic E-state index is 0. The lowest BCUT2D eigenvalue weighted by Gasteiger charge is -2.17. The summed E-state index contributed by atoms with van der Waals surface area (Å²) < 4.78 is 4.84. The number of carbonyl (C=O) groups is 1. The highest BCUT2D eigenvalue weighted by molar-refractivity contribution is 6.34. The van der Waals surface area contributed by atoms with Crippen molar-refractivity contribution in [2.45, 2.75) is 12.3 Å². The molecule has 0 radical (unpaired) electrons. The van der Waals surface area contributed by atoms with Gasteiger partial charge in [0.05, 0.1) is 17.8 Å². The normalized spacial score (nSPS) is 20.3. The number of rotatable bonds is 0. The van der Waals surface area contributed by atoms with Gasteiger partial charge in [-0.2, -0.15) is 0 Å². The second-order valence-electron chi connectivity index (χ2n) is 4.70. The van der Waals surface area contributed by atoms with Gasteiger partial charge in [0.1, 0.15) is 0 Å². The summed E-state index contributed by atoms with van der Waals surface area (Å²) in [5.74, 6) is 0.315. The lowest BCUT2D eigenvalue weighted by atomic mass is 9.95. The van der Waals surface area contributed by atoms with E-state index in [1.165, 1.54) is 18.2 Å². The third-order valence-corrected chi connectivity index (χ3v) is 4.00. The molecule has 0 bridgehead atoms. The average molecular weight is 303 g/mol. The summed E-state index contributed by atoms with van der Waals surface area (Å²) in [5.41, 5.74) is 3.35. The number of nitrogens with zero attached hydrogens (tertiary/aromatic N) is 1. The molecule has 2 aliphatic heterocycles. The molecule has 2 aliphatic rings. The van der Waals surface area contributed by atoms with Crippen molar-refractivity contribution in [3.63, 3.8) is 0 Å². The van der Waals surface area contributed by atoms with Crippen LogP contribution < -0.4 is 10.2 Å². The Labute approximate surface area is 123 Å². The zero-order chi connectivity index (χ0) is 12.7. The number of hydrogen-bond acceptors (Lipinski definition) is 3. The number of halogens is 2. The zero-order valence-electron chi connectivity index (χ0n) is 10.6. The quantitative estimate of drug-likeness (QED) is 0.801. The fourth-order valence-electron chi connectivity index (χ4n) is 2.92. The van der Waals surface area contributed by atoms with Crippen LogP contribution in [-0.2, 0) is 11.2 Å². The monoisotopic (exact) mass is 302 g/mol. The summed E-state index contributed by atoms with van der Waals surface area (Å²) in [6.07, 6.45) is 0.642. The van der Waals surface area contributed by atoms with Crippen molar-refractivity contribution in [3.05, 3.63) is 28.3 Å². The zero-order valence-corrected chi connectivity index (χ0v) is 12.2. The van der Waals surface area contributed by atoms with E-state index in [0.717, 1.165) is 25.2 Å². The molecule has 1 atom stereocenters. The Morgan fingerprint density at radius 3 is 3.05 bits per heavy atom. The van der Waals surface area contributed by atoms with Gasteiger partial charge in [0.25, 0.3) is 0 Å². The first-order chi connectivity index (χ1) is 8.72. The van der Waals surface area contributed by atoms with E-state index in [1.807, 2.05) is 6.07 Å². The molecule has 4 nitrogen and oxygen atoms in total. The lowest BCUT2D eigenvalue weighted by molar-refractivity contribution is 0.179. The number of benzene rings is 1. The highest BCUT2D eigenvalue weighted by Crippen LogP contribution is 2.44. The van der Waals surface area contributed by atoms with Gasteiger partial charge >= 0.3 is 6.09 Å². The SMILES string of the molecule is COC(=O)N1C[C@@H]2CNCCc3ccc(Cl)c1c32.Cl. The summed E-state index contributed by atoms with van der Waals surface area (Å²) in [6.45, 7) is 2.50. The van der Waals surface area contributed by atoms with E-state index in [2.05, 4.69) is 11.4 Å². The summed E-state index contributed by atoms with van der Waals surface area (Å²) in [5, 5.41) is 4.03. The van der Waals surface area contributed by atoms with Crippen LogP contribution in [0.1, 0.15) is 17.0 Å². The van der Waals surface area contributed by atoms with Gasteiger partial charge in [0.2, 0.25) is 0 Å². The Hall–Kier alpha value is -0.970. The Kier molecular flexibility index (Phi) is 4.23. The molecular weight excluding hydrogens is 287 g/mol. The smallest absolute Gasteiger partial charge is 0.414 e. The third-order valence-electron chi connectivity index (χ3n) is 3.70. The summed E-state index contributed by atoms with van der Waals surface area (Å²) in [4.78, 5) is 13.5. The molecule has 1 aromatic rings. The molecule has 0 saturated carbocycles. The van der Waals surface area contributed by atoms with Crippen molar-refractivity contribution in [1.29, 1.82) is 0 Å². The molecule has 0 aromatic heterocycles. The van der Waals surface area contributed by atoms with E-state index in [9.17, 15) is 4.79 Å². The van der Waals surface area contributed by atoms with Gasteiger partial charge in [-0.05, 0) is 30.2 Å². The molecule has 1 amide bonds. The van der Waals surface area contributed by atoms with Gasteiger partial charge in [0, 0.05) is 19.0 Å². The van der Waals surface area contributed by atoms with Gasteiger partial charge < -0.3 is 10.1 Å². The average Bonchev–Trinajstić information content (AvgIpc) is 2.65. The van der Waals surface area contributed by atoms with Crippen LogP contribution in [0.5, 0.6) is 0 Å². The van der Waals surface area contributed by atoms with E-state index < -0.39 is 0 Å². The standard InChI is InChI=1S/C13H15ClN2O2.ClH/c1-18-13(17)16-7-9-6-15-5-4-8-2-3-10(14)12(16)11(8)9;/h2-3,9,15H,4-7H2,1H3;1H/t9-;/m0./s1. The maximum absolute atomic E-state index is 11.8. The molecule has 0 spiro atoms. The van der Waals surface area contributed by atoms with Crippen molar-refractivity contribution >= 4 is 35.8 Å². The number of nitrogens with one attached hydrogen (secondary N) is 1. The number of hydrogen-bond donors (Lipinski definition) is 1. The van der Waals surface area contributed by atoms with Gasteiger partial charge in [0.15, 0.2) is 0 Å². The Morgan fingerprint density at radius 1 is 1.53 bits per heavy atom. The molecule has 2 heterocycles. The number of ether oxygens (including phenoxy) is 1. The Morgan fingerprint density at radius 2 is 2.32 bits per heavy atom. The maximum Gasteiger partial charge on any atom is 0.414 e. The lowest BCUT2D eigenvalue weighted by Crippen LogP contribution is -2.32. The van der Waals surface area contributed by atoms with E-state index in [4.69, 9.17) is 16.3 Å². The van der Waals surface area contributed by atoms with Crippen LogP contribution in [0, 0.1) is 0 Å². The molecule has 0 aliphatic carbocycles. The van der Waals surface area contributed by atoms with Crippen LogP contribution in [0.15, 0.2) is 12.1 Å². The van der Waals surface area contributed by atoms with Crippen LogP contribution in [0.4, 0.5) is 10.5 Å². The Balaban J connectivity index is 0.00000133. The van der Waals surface area contributed by atoms with Gasteiger partial charge in [-0.1, -0.05) is 17.7 Å². The Bertz CT molecular complexity index is 508. The van der Waals surface area contributed by atoms with Crippen LogP contribution in [0.3, 0.4) is 0 Å². The van der Waals surface area contributed by atoms with Crippen LogP contribution in [0.25, 0.3) is 0 Å². The van der Waals surface area contributed by atoms with Gasteiger partial charge in [-0.25, -0.2) is 4.79 Å². The first-order valence-electron chi connectivity index (χ1n) is 6.10. The van der Waals surface area contributed by atoms with E-state index in [1.54, 1.807) is 4.90 Å². The molecule has 0 unspecified atom stereocenters. The fraction of sp³-hybridized carbons (Fsp3) is 0.462. The topological polar surface area (TPSA) is 41.6 Å². The van der Waals surface area contributed by atoms with Crippen molar-refractivity contribution < 1.29 is 9.53 Å². The third kappa shape index (κ3) is 2.29. The molecule has 1 aromatic carbocycles. The number of methoxy groups -OCH3 is 1. The minimum atomic E-state index is -0.335. The van der Waals surface area contributed by atoms with Crippen LogP contribution >= 0.6 is 24.0 Å². The second kappa shape index (κ2) is 5.57. The maximum atomic E-state index is 11.8. The first kappa shape index (κ1) is 14.4. The predicted octanol–water partition coefficient (Wildman–Crippen LogP) is 2.58. The number of amides is 1. The number of carbonyl (C=O) groups excluding carboxylic acids is 1. The van der Waals surface area contributed by atoms with E-state index in [-0.39, 0.29) is 18.5 Å². The minimum Gasteiger partial charge on any atom is -0.452 e. The second-order valence-corrected chi connectivity index (χ2v) is 5.11. The number of anilines is 1. The first-order valence-corrected chi connectivity index (χ1v) is 6.47. The van der Waals surface area contributed by atoms with Crippen molar-refractivity contribution in [2.24, 2.45) is 0 Å². The largest absolute Gasteiger partial charge is 0.452 e. The van der Waals surface area contributed by atoms with E-state index in [0.29, 0.717) is 17.5 Å².